The van der Waals surface area contributed by atoms with Crippen molar-refractivity contribution in [2.45, 2.75) is 46.5 Å². The van der Waals surface area contributed by atoms with Crippen LogP contribution in [0.25, 0.3) is 11.6 Å². The van der Waals surface area contributed by atoms with Gasteiger partial charge in [-0.05, 0) is 87.2 Å². The van der Waals surface area contributed by atoms with Gasteiger partial charge in [0, 0.05) is 54.5 Å². The van der Waals surface area contributed by atoms with Gasteiger partial charge in [-0.25, -0.2) is 0 Å². The Kier molecular flexibility index (Phi) is 8.40. The number of H-pyrrole nitrogens is 1. The predicted octanol–water partition coefficient (Wildman–Crippen LogP) is 5.58. The number of aromatic amines is 1. The summed E-state index contributed by atoms with van der Waals surface area (Å²) >= 11 is 0. The first-order chi connectivity index (χ1) is 19.4. The lowest BCUT2D eigenvalue weighted by Gasteiger charge is -2.34. The van der Waals surface area contributed by atoms with Gasteiger partial charge in [0.05, 0.1) is 11.1 Å². The normalized spacial score (nSPS) is 16.5. The number of carbonyl (C=O) groups is 2. The zero-order valence-corrected chi connectivity index (χ0v) is 24.1. The fraction of sp³-hybridized carbons (Fsp3) is 0.394. The summed E-state index contributed by atoms with van der Waals surface area (Å²) in [6.45, 7) is 13.5. The summed E-state index contributed by atoms with van der Waals surface area (Å²) < 4.78 is 0. The Bertz CT molecular complexity index is 1400. The molecule has 2 amide bonds. The minimum Gasteiger partial charge on any atom is -0.371 e. The molecule has 1 fully saturated rings. The third kappa shape index (κ3) is 5.70. The highest BCUT2D eigenvalue weighted by atomic mass is 16.2. The van der Waals surface area contributed by atoms with Gasteiger partial charge >= 0.3 is 0 Å². The number of hydrogen-bond donors (Lipinski definition) is 3. The quantitative estimate of drug-likeness (QED) is 0.310. The van der Waals surface area contributed by atoms with E-state index < -0.39 is 0 Å². The van der Waals surface area contributed by atoms with Gasteiger partial charge < -0.3 is 25.4 Å². The van der Waals surface area contributed by atoms with Crippen LogP contribution >= 0.6 is 0 Å². The first-order valence-corrected chi connectivity index (χ1v) is 14.6. The molecular weight excluding hydrogens is 498 g/mol. The summed E-state index contributed by atoms with van der Waals surface area (Å²) in [5, 5.41) is 6.09. The number of anilines is 2. The van der Waals surface area contributed by atoms with Crippen LogP contribution in [0, 0.1) is 13.8 Å². The van der Waals surface area contributed by atoms with E-state index in [4.69, 9.17) is 0 Å². The second-order valence-electron chi connectivity index (χ2n) is 10.9. The summed E-state index contributed by atoms with van der Waals surface area (Å²) in [6.07, 6.45) is 4.06. The monoisotopic (exact) mass is 539 g/mol. The number of amides is 2. The second-order valence-corrected chi connectivity index (χ2v) is 10.9. The summed E-state index contributed by atoms with van der Waals surface area (Å²) in [5.74, 6) is 0.273. The molecule has 1 aromatic heterocycles. The zero-order valence-electron chi connectivity index (χ0n) is 24.1. The number of likely N-dealkylation sites (N-methyl/N-ethyl adjacent to an activating group) is 1. The molecule has 1 saturated heterocycles. The molecule has 2 aromatic carbocycles. The number of piperidine rings is 1. The second kappa shape index (κ2) is 12.1. The van der Waals surface area contributed by atoms with Gasteiger partial charge in [0.1, 0.15) is 0 Å². The van der Waals surface area contributed by atoms with Crippen LogP contribution in [-0.4, -0.2) is 61.0 Å². The molecule has 40 heavy (non-hydrogen) atoms. The number of rotatable bonds is 9. The lowest BCUT2D eigenvalue weighted by molar-refractivity contribution is -0.110. The number of nitrogens with one attached hydrogen (secondary N) is 3. The van der Waals surface area contributed by atoms with E-state index >= 15 is 0 Å². The molecule has 0 aliphatic carbocycles. The molecule has 7 nitrogen and oxygen atoms in total. The Morgan fingerprint density at radius 1 is 1.07 bits per heavy atom. The van der Waals surface area contributed by atoms with Crippen LogP contribution in [0.3, 0.4) is 0 Å². The van der Waals surface area contributed by atoms with Gasteiger partial charge in [0.25, 0.3) is 11.8 Å². The standard InChI is InChI=1S/C33H41N5O2/c1-5-37(6-2)19-16-34-33(40)31-22(3)30(35-23(31)4)21-28-27-20-25(12-13-29(27)36-32(28)39)24-14-17-38(18-15-24)26-10-8-7-9-11-26/h7-13,20-21,24,35H,5-6,14-19H2,1-4H3,(H,34,40)(H,36,39)/b28-21-. The number of fused-ring (bicyclic) bond motifs is 1. The van der Waals surface area contributed by atoms with E-state index in [1.165, 1.54) is 11.3 Å². The van der Waals surface area contributed by atoms with Crippen LogP contribution in [0.5, 0.6) is 0 Å². The van der Waals surface area contributed by atoms with Crippen molar-refractivity contribution >= 4 is 34.8 Å². The zero-order chi connectivity index (χ0) is 28.2. The summed E-state index contributed by atoms with van der Waals surface area (Å²) in [4.78, 5) is 34.2. The molecule has 7 heteroatoms. The number of para-hydroxylation sites is 1. The van der Waals surface area contributed by atoms with Crippen molar-refractivity contribution in [2.75, 3.05) is 49.5 Å². The third-order valence-corrected chi connectivity index (χ3v) is 8.51. The topological polar surface area (TPSA) is 80.5 Å². The van der Waals surface area contributed by atoms with Gasteiger partial charge in [-0.1, -0.05) is 38.1 Å². The number of aromatic nitrogens is 1. The number of carbonyl (C=O) groups excluding carboxylic acids is 2. The van der Waals surface area contributed by atoms with Crippen molar-refractivity contribution in [3.05, 3.63) is 82.2 Å². The molecule has 0 radical (unpaired) electrons. The molecule has 2 aliphatic rings. The highest BCUT2D eigenvalue weighted by molar-refractivity contribution is 6.35. The maximum atomic E-state index is 13.0. The van der Waals surface area contributed by atoms with Crippen molar-refractivity contribution in [1.82, 2.24) is 15.2 Å². The Hall–Kier alpha value is -3.84. The van der Waals surface area contributed by atoms with E-state index in [0.717, 1.165) is 73.8 Å². The lowest BCUT2D eigenvalue weighted by Crippen LogP contribution is -2.35. The first kappa shape index (κ1) is 27.7. The molecule has 5 rings (SSSR count). The van der Waals surface area contributed by atoms with Crippen LogP contribution in [0.15, 0.2) is 48.5 Å². The fourth-order valence-electron chi connectivity index (χ4n) is 6.07. The van der Waals surface area contributed by atoms with Gasteiger partial charge in [0.2, 0.25) is 0 Å². The van der Waals surface area contributed by atoms with Crippen molar-refractivity contribution in [3.8, 4) is 0 Å². The lowest BCUT2D eigenvalue weighted by atomic mass is 9.87. The molecule has 0 unspecified atom stereocenters. The van der Waals surface area contributed by atoms with Crippen molar-refractivity contribution in [1.29, 1.82) is 0 Å². The van der Waals surface area contributed by atoms with Crippen LogP contribution in [0.2, 0.25) is 0 Å². The largest absolute Gasteiger partial charge is 0.371 e. The highest BCUT2D eigenvalue weighted by Crippen LogP contribution is 2.38. The van der Waals surface area contributed by atoms with Crippen molar-refractivity contribution < 1.29 is 9.59 Å². The summed E-state index contributed by atoms with van der Waals surface area (Å²) in [5.41, 5.74) is 8.09. The smallest absolute Gasteiger partial charge is 0.256 e. The Morgan fingerprint density at radius 2 is 1.80 bits per heavy atom. The predicted molar refractivity (Wildman–Crippen MR) is 164 cm³/mol. The Balaban J connectivity index is 1.32. The molecular formula is C33H41N5O2. The summed E-state index contributed by atoms with van der Waals surface area (Å²) in [7, 11) is 0. The van der Waals surface area contributed by atoms with Gasteiger partial charge in [-0.3, -0.25) is 9.59 Å². The Labute approximate surface area is 237 Å². The van der Waals surface area contributed by atoms with Gasteiger partial charge in [-0.2, -0.15) is 0 Å². The molecule has 0 bridgehead atoms. The highest BCUT2D eigenvalue weighted by Gasteiger charge is 2.28. The van der Waals surface area contributed by atoms with E-state index in [1.54, 1.807) is 0 Å². The van der Waals surface area contributed by atoms with E-state index in [1.807, 2.05) is 26.0 Å². The van der Waals surface area contributed by atoms with Crippen LogP contribution in [-0.2, 0) is 4.79 Å². The van der Waals surface area contributed by atoms with Crippen LogP contribution in [0.1, 0.15) is 71.0 Å². The van der Waals surface area contributed by atoms with Gasteiger partial charge in [0.15, 0.2) is 0 Å². The van der Waals surface area contributed by atoms with Crippen LogP contribution in [0.4, 0.5) is 11.4 Å². The number of benzene rings is 2. The number of hydrogen-bond acceptors (Lipinski definition) is 4. The minimum absolute atomic E-state index is 0.0801. The van der Waals surface area contributed by atoms with Crippen LogP contribution < -0.4 is 15.5 Å². The minimum atomic E-state index is -0.108. The SMILES string of the molecule is CCN(CC)CCNC(=O)c1c(C)[nH]c(/C=C2\C(=O)Nc3ccc(C4CCN(c5ccccc5)CC4)cc32)c1C. The molecule has 0 saturated carbocycles. The average molecular weight is 540 g/mol. The maximum Gasteiger partial charge on any atom is 0.256 e. The third-order valence-electron chi connectivity index (χ3n) is 8.51. The molecule has 210 valence electrons. The van der Waals surface area contributed by atoms with E-state index in [9.17, 15) is 9.59 Å². The first-order valence-electron chi connectivity index (χ1n) is 14.6. The average Bonchev–Trinajstić information content (AvgIpc) is 3.44. The summed E-state index contributed by atoms with van der Waals surface area (Å²) in [6, 6.07) is 17.0. The van der Waals surface area contributed by atoms with E-state index in [0.29, 0.717) is 23.6 Å². The van der Waals surface area contributed by atoms with Gasteiger partial charge in [-0.15, -0.1) is 0 Å². The maximum absolute atomic E-state index is 13.0. The Morgan fingerprint density at radius 3 is 2.50 bits per heavy atom. The van der Waals surface area contributed by atoms with Crippen molar-refractivity contribution in [3.63, 3.8) is 0 Å². The number of nitrogens with zero attached hydrogens (tertiary/aromatic N) is 2. The molecule has 3 aromatic rings. The molecule has 0 atom stereocenters. The molecule has 2 aliphatic heterocycles. The fourth-order valence-corrected chi connectivity index (χ4v) is 6.07. The number of aryl methyl sites for hydroxylation is 1. The molecule has 3 N–H and O–H groups in total. The molecule has 3 heterocycles. The molecule has 0 spiro atoms. The van der Waals surface area contributed by atoms with E-state index in [-0.39, 0.29) is 11.8 Å². The van der Waals surface area contributed by atoms with Crippen molar-refractivity contribution in [2.24, 2.45) is 0 Å². The van der Waals surface area contributed by atoms with E-state index in [2.05, 4.69) is 81.7 Å².